The summed E-state index contributed by atoms with van der Waals surface area (Å²) in [6.07, 6.45) is 3.94. The number of halogens is 2. The molecule has 2 aromatic rings. The lowest BCUT2D eigenvalue weighted by molar-refractivity contribution is 0.414. The van der Waals surface area contributed by atoms with E-state index in [1.165, 1.54) is 0 Å². The van der Waals surface area contributed by atoms with Crippen molar-refractivity contribution < 1.29 is 9.84 Å². The molecule has 2 nitrogen and oxygen atoms in total. The lowest BCUT2D eigenvalue weighted by Gasteiger charge is -2.04. The Kier molecular flexibility index (Phi) is 4.66. The van der Waals surface area contributed by atoms with Gasteiger partial charge in [-0.25, -0.2) is 0 Å². The average molecular weight is 384 g/mol. The van der Waals surface area contributed by atoms with Crippen LogP contribution in [0.2, 0.25) is 0 Å². The predicted octanol–water partition coefficient (Wildman–Crippen LogP) is 5.10. The van der Waals surface area contributed by atoms with E-state index in [1.807, 2.05) is 48.6 Å². The highest BCUT2D eigenvalue weighted by atomic mass is 79.9. The predicted molar refractivity (Wildman–Crippen MR) is 85.4 cm³/mol. The molecule has 4 heteroatoms. The van der Waals surface area contributed by atoms with Gasteiger partial charge in [-0.15, -0.1) is 0 Å². The summed E-state index contributed by atoms with van der Waals surface area (Å²) in [6.45, 7) is 0. The van der Waals surface area contributed by atoms with Gasteiger partial charge in [0.25, 0.3) is 0 Å². The van der Waals surface area contributed by atoms with Gasteiger partial charge in [0.05, 0.1) is 16.1 Å². The third-order valence-electron chi connectivity index (χ3n) is 2.63. The summed E-state index contributed by atoms with van der Waals surface area (Å²) < 4.78 is 6.60. The highest BCUT2D eigenvalue weighted by molar-refractivity contribution is 9.11. The third kappa shape index (κ3) is 3.39. The van der Waals surface area contributed by atoms with Crippen LogP contribution in [0.25, 0.3) is 12.2 Å². The lowest BCUT2D eigenvalue weighted by Crippen LogP contribution is -1.85. The van der Waals surface area contributed by atoms with Crippen molar-refractivity contribution in [2.24, 2.45) is 0 Å². The number of ether oxygens (including phenoxy) is 1. The van der Waals surface area contributed by atoms with Crippen molar-refractivity contribution in [3.05, 3.63) is 56.5 Å². The number of aromatic hydroxyl groups is 1. The minimum absolute atomic E-state index is 0.203. The van der Waals surface area contributed by atoms with E-state index >= 15 is 0 Å². The molecule has 0 aromatic heterocycles. The van der Waals surface area contributed by atoms with Gasteiger partial charge in [0, 0.05) is 5.56 Å². The van der Waals surface area contributed by atoms with E-state index in [-0.39, 0.29) is 5.75 Å². The smallest absolute Gasteiger partial charge is 0.143 e. The Morgan fingerprint density at radius 1 is 1.05 bits per heavy atom. The molecule has 0 aliphatic carbocycles. The van der Waals surface area contributed by atoms with Crippen LogP contribution in [-0.2, 0) is 0 Å². The SMILES string of the molecule is COc1ccccc1/C=C/c1cc(Br)c(O)c(Br)c1. The summed E-state index contributed by atoms with van der Waals surface area (Å²) in [6, 6.07) is 11.5. The largest absolute Gasteiger partial charge is 0.506 e. The van der Waals surface area contributed by atoms with Gasteiger partial charge in [0.1, 0.15) is 11.5 Å². The van der Waals surface area contributed by atoms with E-state index in [4.69, 9.17) is 4.74 Å². The Morgan fingerprint density at radius 3 is 2.32 bits per heavy atom. The van der Waals surface area contributed by atoms with Crippen LogP contribution in [0, 0.1) is 0 Å². The summed E-state index contributed by atoms with van der Waals surface area (Å²) in [4.78, 5) is 0. The molecule has 0 spiro atoms. The number of benzene rings is 2. The summed E-state index contributed by atoms with van der Waals surface area (Å²) >= 11 is 6.63. The molecule has 0 saturated heterocycles. The molecule has 2 rings (SSSR count). The fourth-order valence-corrected chi connectivity index (χ4v) is 2.89. The first-order chi connectivity index (χ1) is 9.11. The van der Waals surface area contributed by atoms with E-state index in [0.29, 0.717) is 8.95 Å². The van der Waals surface area contributed by atoms with Crippen molar-refractivity contribution in [2.45, 2.75) is 0 Å². The molecular formula is C15H12Br2O2. The van der Waals surface area contributed by atoms with Crippen molar-refractivity contribution >= 4 is 44.0 Å². The monoisotopic (exact) mass is 382 g/mol. The number of phenols is 1. The zero-order valence-corrected chi connectivity index (χ0v) is 13.4. The van der Waals surface area contributed by atoms with Gasteiger partial charge in [-0.3, -0.25) is 0 Å². The van der Waals surface area contributed by atoms with Crippen LogP contribution in [0.3, 0.4) is 0 Å². The first-order valence-corrected chi connectivity index (χ1v) is 7.19. The maximum Gasteiger partial charge on any atom is 0.143 e. The molecule has 0 radical (unpaired) electrons. The average Bonchev–Trinajstić information content (AvgIpc) is 2.42. The highest BCUT2D eigenvalue weighted by Gasteiger charge is 2.04. The quantitative estimate of drug-likeness (QED) is 0.747. The molecule has 0 bridgehead atoms. The van der Waals surface area contributed by atoms with Gasteiger partial charge in [-0.1, -0.05) is 30.4 Å². The van der Waals surface area contributed by atoms with Crippen LogP contribution in [-0.4, -0.2) is 12.2 Å². The van der Waals surface area contributed by atoms with Crippen LogP contribution >= 0.6 is 31.9 Å². The summed E-state index contributed by atoms with van der Waals surface area (Å²) in [5.41, 5.74) is 1.98. The van der Waals surface area contributed by atoms with Crippen molar-refractivity contribution in [3.8, 4) is 11.5 Å². The summed E-state index contributed by atoms with van der Waals surface area (Å²) in [7, 11) is 1.65. The van der Waals surface area contributed by atoms with Gasteiger partial charge in [-0.2, -0.15) is 0 Å². The molecule has 0 amide bonds. The van der Waals surface area contributed by atoms with E-state index in [0.717, 1.165) is 16.9 Å². The van der Waals surface area contributed by atoms with E-state index in [9.17, 15) is 5.11 Å². The Morgan fingerprint density at radius 2 is 1.68 bits per heavy atom. The molecule has 0 aliphatic rings. The minimum Gasteiger partial charge on any atom is -0.506 e. The van der Waals surface area contributed by atoms with Gasteiger partial charge < -0.3 is 9.84 Å². The van der Waals surface area contributed by atoms with Gasteiger partial charge in [0.2, 0.25) is 0 Å². The topological polar surface area (TPSA) is 29.5 Å². The fourth-order valence-electron chi connectivity index (χ4n) is 1.67. The molecular weight excluding hydrogens is 372 g/mol. The van der Waals surface area contributed by atoms with Gasteiger partial charge in [-0.05, 0) is 55.6 Å². The maximum absolute atomic E-state index is 9.66. The van der Waals surface area contributed by atoms with Crippen molar-refractivity contribution in [1.29, 1.82) is 0 Å². The van der Waals surface area contributed by atoms with Crippen molar-refractivity contribution in [2.75, 3.05) is 7.11 Å². The molecule has 0 fully saturated rings. The maximum atomic E-state index is 9.66. The third-order valence-corrected chi connectivity index (χ3v) is 3.84. The standard InChI is InChI=1S/C15H12Br2O2/c1-19-14-5-3-2-4-11(14)7-6-10-8-12(16)15(18)13(17)9-10/h2-9,18H,1H3/b7-6+. The molecule has 0 atom stereocenters. The Labute approximate surface area is 129 Å². The van der Waals surface area contributed by atoms with Crippen LogP contribution in [0.1, 0.15) is 11.1 Å². The number of phenolic OH excluding ortho intramolecular Hbond substituents is 1. The minimum atomic E-state index is 0.203. The van der Waals surface area contributed by atoms with Crippen molar-refractivity contribution in [3.63, 3.8) is 0 Å². The first-order valence-electron chi connectivity index (χ1n) is 5.61. The second-order valence-corrected chi connectivity index (χ2v) is 5.62. The van der Waals surface area contributed by atoms with Crippen molar-refractivity contribution in [1.82, 2.24) is 0 Å². The van der Waals surface area contributed by atoms with Crippen LogP contribution in [0.15, 0.2) is 45.3 Å². The zero-order chi connectivity index (χ0) is 13.8. The van der Waals surface area contributed by atoms with Crippen LogP contribution < -0.4 is 4.74 Å². The Balaban J connectivity index is 2.33. The molecule has 2 aromatic carbocycles. The second kappa shape index (κ2) is 6.26. The van der Waals surface area contributed by atoms with E-state index < -0.39 is 0 Å². The molecule has 0 aliphatic heterocycles. The number of para-hydroxylation sites is 1. The number of hydrogen-bond donors (Lipinski definition) is 1. The molecule has 1 N–H and O–H groups in total. The van der Waals surface area contributed by atoms with Gasteiger partial charge >= 0.3 is 0 Å². The molecule has 0 unspecified atom stereocenters. The Hall–Kier alpha value is -1.26. The molecule has 19 heavy (non-hydrogen) atoms. The fraction of sp³-hybridized carbons (Fsp3) is 0.0667. The lowest BCUT2D eigenvalue weighted by atomic mass is 10.1. The van der Waals surface area contributed by atoms with Crippen LogP contribution in [0.4, 0.5) is 0 Å². The number of methoxy groups -OCH3 is 1. The first kappa shape index (κ1) is 14.2. The number of hydrogen-bond acceptors (Lipinski definition) is 2. The summed E-state index contributed by atoms with van der Waals surface area (Å²) in [5, 5.41) is 9.66. The zero-order valence-electron chi connectivity index (χ0n) is 10.2. The molecule has 0 heterocycles. The molecule has 0 saturated carbocycles. The molecule has 98 valence electrons. The van der Waals surface area contributed by atoms with Gasteiger partial charge in [0.15, 0.2) is 0 Å². The van der Waals surface area contributed by atoms with E-state index in [2.05, 4.69) is 31.9 Å². The van der Waals surface area contributed by atoms with E-state index in [1.54, 1.807) is 7.11 Å². The summed E-state index contributed by atoms with van der Waals surface area (Å²) in [5.74, 6) is 1.03. The normalized spacial score (nSPS) is 10.9. The van der Waals surface area contributed by atoms with Crippen LogP contribution in [0.5, 0.6) is 11.5 Å². The second-order valence-electron chi connectivity index (χ2n) is 3.91. The number of rotatable bonds is 3. The highest BCUT2D eigenvalue weighted by Crippen LogP contribution is 2.34. The Bertz CT molecular complexity index is 598.